The van der Waals surface area contributed by atoms with Crippen molar-refractivity contribution in [2.24, 2.45) is 0 Å². The highest BCUT2D eigenvalue weighted by molar-refractivity contribution is 7.71. The molecular formula is C17H16ClN3O3S. The van der Waals surface area contributed by atoms with Crippen molar-refractivity contribution >= 4 is 23.8 Å². The third-order valence-corrected chi connectivity index (χ3v) is 4.07. The molecule has 0 aliphatic heterocycles. The zero-order valence-corrected chi connectivity index (χ0v) is 15.4. The van der Waals surface area contributed by atoms with Crippen molar-refractivity contribution in [3.8, 4) is 34.3 Å². The molecule has 3 aromatic rings. The number of methoxy groups -OCH3 is 3. The van der Waals surface area contributed by atoms with Crippen LogP contribution in [0, 0.1) is 4.77 Å². The molecule has 0 fully saturated rings. The van der Waals surface area contributed by atoms with Crippen LogP contribution in [0.4, 0.5) is 0 Å². The second-order valence-electron chi connectivity index (χ2n) is 5.08. The van der Waals surface area contributed by atoms with Crippen molar-refractivity contribution in [1.29, 1.82) is 0 Å². The minimum Gasteiger partial charge on any atom is -0.493 e. The van der Waals surface area contributed by atoms with Gasteiger partial charge in [0.1, 0.15) is 0 Å². The molecule has 1 N–H and O–H groups in total. The van der Waals surface area contributed by atoms with Crippen LogP contribution in [0.3, 0.4) is 0 Å². The van der Waals surface area contributed by atoms with Crippen molar-refractivity contribution in [2.45, 2.75) is 0 Å². The largest absolute Gasteiger partial charge is 0.493 e. The van der Waals surface area contributed by atoms with Crippen LogP contribution in [0.15, 0.2) is 36.4 Å². The first kappa shape index (κ1) is 17.3. The van der Waals surface area contributed by atoms with Crippen LogP contribution in [-0.2, 0) is 0 Å². The maximum atomic E-state index is 5.97. The summed E-state index contributed by atoms with van der Waals surface area (Å²) in [5.74, 6) is 2.20. The molecule has 6 nitrogen and oxygen atoms in total. The molecule has 1 heterocycles. The zero-order chi connectivity index (χ0) is 18.0. The van der Waals surface area contributed by atoms with Gasteiger partial charge in [-0.15, -0.1) is 0 Å². The second kappa shape index (κ2) is 7.16. The van der Waals surface area contributed by atoms with E-state index in [1.807, 2.05) is 24.3 Å². The molecule has 2 aromatic carbocycles. The normalized spacial score (nSPS) is 10.6. The number of aromatic nitrogens is 3. The summed E-state index contributed by atoms with van der Waals surface area (Å²) in [7, 11) is 4.69. The topological polar surface area (TPSA) is 61.3 Å². The average Bonchev–Trinajstić information content (AvgIpc) is 3.02. The number of rotatable bonds is 5. The Bertz CT molecular complexity index is 926. The van der Waals surface area contributed by atoms with E-state index < -0.39 is 0 Å². The minimum atomic E-state index is 0.360. The van der Waals surface area contributed by atoms with E-state index in [0.717, 1.165) is 11.3 Å². The molecule has 0 bridgehead atoms. The molecule has 8 heteroatoms. The highest BCUT2D eigenvalue weighted by Gasteiger charge is 2.17. The molecule has 0 unspecified atom stereocenters. The first-order valence-corrected chi connectivity index (χ1v) is 8.11. The Balaban J connectivity index is 2.20. The highest BCUT2D eigenvalue weighted by Crippen LogP contribution is 2.41. The standard InChI is InChI=1S/C17H16ClN3O3S/c1-22-13-8-10(9-14(23-2)15(13)24-3)16-19-17(25)20-21(16)12-6-4-11(18)5-7-12/h4-9H,1-3H3,(H,20,25). The summed E-state index contributed by atoms with van der Waals surface area (Å²) in [5, 5.41) is 3.70. The van der Waals surface area contributed by atoms with E-state index in [1.54, 1.807) is 38.1 Å². The van der Waals surface area contributed by atoms with Crippen LogP contribution in [0.5, 0.6) is 17.2 Å². The summed E-state index contributed by atoms with van der Waals surface area (Å²) in [4.78, 5) is 4.42. The highest BCUT2D eigenvalue weighted by atomic mass is 35.5. The predicted molar refractivity (Wildman–Crippen MR) is 98.9 cm³/mol. The predicted octanol–water partition coefficient (Wildman–Crippen LogP) is 4.28. The fourth-order valence-electron chi connectivity index (χ4n) is 2.50. The molecule has 0 aliphatic carbocycles. The number of ether oxygens (including phenoxy) is 3. The minimum absolute atomic E-state index is 0.360. The van der Waals surface area contributed by atoms with Gasteiger partial charge in [0.25, 0.3) is 0 Å². The van der Waals surface area contributed by atoms with Gasteiger partial charge in [-0.25, -0.2) is 4.68 Å². The Morgan fingerprint density at radius 2 is 1.60 bits per heavy atom. The van der Waals surface area contributed by atoms with E-state index in [0.29, 0.717) is 32.9 Å². The number of benzene rings is 2. The molecule has 3 rings (SSSR count). The Hall–Kier alpha value is -2.51. The summed E-state index contributed by atoms with van der Waals surface area (Å²) in [6, 6.07) is 11.0. The Morgan fingerprint density at radius 3 is 2.12 bits per heavy atom. The van der Waals surface area contributed by atoms with Gasteiger partial charge in [0, 0.05) is 10.6 Å². The van der Waals surface area contributed by atoms with E-state index in [9.17, 15) is 0 Å². The van der Waals surface area contributed by atoms with Gasteiger partial charge >= 0.3 is 0 Å². The lowest BCUT2D eigenvalue weighted by Gasteiger charge is -2.14. The van der Waals surface area contributed by atoms with E-state index in [4.69, 9.17) is 38.0 Å². The molecule has 0 radical (unpaired) electrons. The fraction of sp³-hybridized carbons (Fsp3) is 0.176. The lowest BCUT2D eigenvalue weighted by atomic mass is 10.1. The van der Waals surface area contributed by atoms with E-state index in [2.05, 4.69) is 10.1 Å². The van der Waals surface area contributed by atoms with Crippen LogP contribution in [-0.4, -0.2) is 36.1 Å². The number of H-pyrrole nitrogens is 1. The fourth-order valence-corrected chi connectivity index (χ4v) is 2.80. The number of halogens is 1. The summed E-state index contributed by atoms with van der Waals surface area (Å²) in [6.07, 6.45) is 0. The van der Waals surface area contributed by atoms with Gasteiger partial charge in [0.2, 0.25) is 10.5 Å². The second-order valence-corrected chi connectivity index (χ2v) is 5.90. The molecule has 0 spiro atoms. The molecule has 0 saturated carbocycles. The number of nitrogens with one attached hydrogen (secondary N) is 1. The van der Waals surface area contributed by atoms with Crippen LogP contribution in [0.25, 0.3) is 17.1 Å². The number of aromatic amines is 1. The van der Waals surface area contributed by atoms with Crippen molar-refractivity contribution in [2.75, 3.05) is 21.3 Å². The van der Waals surface area contributed by atoms with E-state index in [1.165, 1.54) is 0 Å². The monoisotopic (exact) mass is 377 g/mol. The third kappa shape index (κ3) is 3.33. The molecule has 25 heavy (non-hydrogen) atoms. The first-order chi connectivity index (χ1) is 12.1. The van der Waals surface area contributed by atoms with Gasteiger partial charge in [0.05, 0.1) is 27.0 Å². The molecular weight excluding hydrogens is 362 g/mol. The Kier molecular flexibility index (Phi) is 4.96. The quantitative estimate of drug-likeness (QED) is 0.672. The lowest BCUT2D eigenvalue weighted by Crippen LogP contribution is -2.01. The molecule has 130 valence electrons. The maximum Gasteiger partial charge on any atom is 0.214 e. The Morgan fingerprint density at radius 1 is 1.00 bits per heavy atom. The van der Waals surface area contributed by atoms with Gasteiger partial charge in [-0.05, 0) is 48.6 Å². The maximum absolute atomic E-state index is 5.97. The number of hydrogen-bond donors (Lipinski definition) is 1. The van der Waals surface area contributed by atoms with Crippen LogP contribution >= 0.6 is 23.8 Å². The first-order valence-electron chi connectivity index (χ1n) is 7.32. The SMILES string of the molecule is COc1cc(-c2nc(=S)[nH]n2-c2ccc(Cl)cc2)cc(OC)c1OC. The molecule has 0 aliphatic rings. The number of nitrogens with zero attached hydrogens (tertiary/aromatic N) is 2. The van der Waals surface area contributed by atoms with Gasteiger partial charge in [-0.2, -0.15) is 4.98 Å². The summed E-state index contributed by atoms with van der Waals surface area (Å²) in [6.45, 7) is 0. The van der Waals surface area contributed by atoms with Crippen molar-refractivity contribution in [1.82, 2.24) is 14.8 Å². The smallest absolute Gasteiger partial charge is 0.214 e. The molecule has 0 saturated heterocycles. The molecule has 0 atom stereocenters. The van der Waals surface area contributed by atoms with Crippen molar-refractivity contribution < 1.29 is 14.2 Å². The summed E-state index contributed by atoms with van der Waals surface area (Å²) < 4.78 is 18.3. The molecule has 1 aromatic heterocycles. The van der Waals surface area contributed by atoms with E-state index >= 15 is 0 Å². The van der Waals surface area contributed by atoms with Crippen LogP contribution < -0.4 is 14.2 Å². The van der Waals surface area contributed by atoms with Crippen molar-refractivity contribution in [3.05, 3.63) is 46.2 Å². The third-order valence-electron chi connectivity index (χ3n) is 3.63. The summed E-state index contributed by atoms with van der Waals surface area (Å²) >= 11 is 11.2. The van der Waals surface area contributed by atoms with E-state index in [-0.39, 0.29) is 0 Å². The number of hydrogen-bond acceptors (Lipinski definition) is 5. The van der Waals surface area contributed by atoms with Crippen LogP contribution in [0.1, 0.15) is 0 Å². The summed E-state index contributed by atoms with van der Waals surface area (Å²) in [5.41, 5.74) is 1.61. The van der Waals surface area contributed by atoms with Crippen molar-refractivity contribution in [3.63, 3.8) is 0 Å². The van der Waals surface area contributed by atoms with Gasteiger partial charge < -0.3 is 14.2 Å². The van der Waals surface area contributed by atoms with Gasteiger partial charge in [0.15, 0.2) is 17.3 Å². The Labute approximate surface area is 154 Å². The average molecular weight is 378 g/mol. The lowest BCUT2D eigenvalue weighted by molar-refractivity contribution is 0.324. The van der Waals surface area contributed by atoms with Gasteiger partial charge in [-0.1, -0.05) is 11.6 Å². The zero-order valence-electron chi connectivity index (χ0n) is 13.9. The van der Waals surface area contributed by atoms with Crippen LogP contribution in [0.2, 0.25) is 5.02 Å². The molecule has 0 amide bonds. The van der Waals surface area contributed by atoms with Gasteiger partial charge in [-0.3, -0.25) is 5.10 Å².